The van der Waals surface area contributed by atoms with Gasteiger partial charge in [0.05, 0.1) is 24.9 Å². The molecular weight excluding hydrogens is 630 g/mol. The monoisotopic (exact) mass is 673 g/mol. The summed E-state index contributed by atoms with van der Waals surface area (Å²) in [6.07, 6.45) is 3.82. The van der Waals surface area contributed by atoms with Crippen LogP contribution in [0.3, 0.4) is 0 Å². The molecule has 0 bridgehead atoms. The average molecular weight is 674 g/mol. The Morgan fingerprint density at radius 2 is 1.44 bits per heavy atom. The fourth-order valence-electron chi connectivity index (χ4n) is 6.57. The summed E-state index contributed by atoms with van der Waals surface area (Å²) in [4.78, 5) is 47.5. The number of ether oxygens (including phenoxy) is 1. The second-order valence-electron chi connectivity index (χ2n) is 12.9. The number of aliphatic hydroxyl groups is 1. The van der Waals surface area contributed by atoms with Gasteiger partial charge in [-0.15, -0.1) is 0 Å². The number of nitrogens with zero attached hydrogens (tertiary/aromatic N) is 3. The normalized spacial score (nSPS) is 19.1. The van der Waals surface area contributed by atoms with Crippen LogP contribution >= 0.6 is 11.6 Å². The lowest BCUT2D eigenvalue weighted by Gasteiger charge is -2.39. The van der Waals surface area contributed by atoms with Crippen molar-refractivity contribution in [1.82, 2.24) is 4.90 Å². The first-order valence-electron chi connectivity index (χ1n) is 16.7. The summed E-state index contributed by atoms with van der Waals surface area (Å²) in [6, 6.07) is 23.0. The number of benzene rings is 3. The number of anilines is 3. The number of halogens is 1. The Labute approximate surface area is 287 Å². The van der Waals surface area contributed by atoms with Crippen LogP contribution in [0.1, 0.15) is 79.2 Å². The molecule has 1 aliphatic carbocycles. The Morgan fingerprint density at radius 3 is 1.98 bits per heavy atom. The molecule has 3 aromatic carbocycles. The Morgan fingerprint density at radius 1 is 0.896 bits per heavy atom. The number of aliphatic hydroxyl groups excluding tert-OH is 1. The Hall–Kier alpha value is -3.89. The highest BCUT2D eigenvalue weighted by Gasteiger charge is 2.36. The van der Waals surface area contributed by atoms with Gasteiger partial charge in [0.15, 0.2) is 5.78 Å². The number of hydrogen-bond acceptors (Lipinski definition) is 9. The molecule has 48 heavy (non-hydrogen) atoms. The van der Waals surface area contributed by atoms with E-state index in [1.807, 2.05) is 50.2 Å². The van der Waals surface area contributed by atoms with Gasteiger partial charge >= 0.3 is 5.43 Å². The quantitative estimate of drug-likeness (QED) is 0.0680. The third-order valence-electron chi connectivity index (χ3n) is 9.55. The van der Waals surface area contributed by atoms with Gasteiger partial charge in [-0.2, -0.15) is 0 Å². The van der Waals surface area contributed by atoms with Crippen LogP contribution in [-0.4, -0.2) is 70.7 Å². The fourth-order valence-corrected chi connectivity index (χ4v) is 6.61. The van der Waals surface area contributed by atoms with E-state index in [2.05, 4.69) is 51.0 Å². The molecule has 9 nitrogen and oxygen atoms in total. The minimum atomic E-state index is -1.14. The lowest BCUT2D eigenvalue weighted by atomic mass is 9.82. The summed E-state index contributed by atoms with van der Waals surface area (Å²) in [5, 5.41) is 14.3. The maximum absolute atomic E-state index is 13.7. The second kappa shape index (κ2) is 16.0. The van der Waals surface area contributed by atoms with Gasteiger partial charge in [0, 0.05) is 59.3 Å². The van der Waals surface area contributed by atoms with Crippen LogP contribution in [0.4, 0.5) is 21.9 Å². The van der Waals surface area contributed by atoms with Gasteiger partial charge in [-0.25, -0.2) is 4.79 Å². The van der Waals surface area contributed by atoms with Crippen molar-refractivity contribution >= 4 is 51.4 Å². The summed E-state index contributed by atoms with van der Waals surface area (Å²) in [6.45, 7) is 8.69. The van der Waals surface area contributed by atoms with Gasteiger partial charge in [0.25, 0.3) is 0 Å². The number of ketones is 2. The number of hydrogen-bond donors (Lipinski definition) is 1. The van der Waals surface area contributed by atoms with Crippen LogP contribution in [0, 0.1) is 5.92 Å². The minimum absolute atomic E-state index is 0.0370. The molecule has 1 heterocycles. The second-order valence-corrected chi connectivity index (χ2v) is 13.3. The van der Waals surface area contributed by atoms with Gasteiger partial charge < -0.3 is 19.6 Å². The molecule has 1 N–H and O–H groups in total. The molecule has 0 radical (unpaired) electrons. The van der Waals surface area contributed by atoms with Crippen LogP contribution in [0.25, 0.3) is 0 Å². The Kier molecular flexibility index (Phi) is 11.8. The highest BCUT2D eigenvalue weighted by atomic mass is 35.5. The third kappa shape index (κ3) is 8.39. The first kappa shape index (κ1) is 35.4. The zero-order valence-electron chi connectivity index (χ0n) is 27.9. The highest BCUT2D eigenvalue weighted by Crippen LogP contribution is 2.36. The van der Waals surface area contributed by atoms with E-state index in [0.717, 1.165) is 42.7 Å². The van der Waals surface area contributed by atoms with E-state index >= 15 is 0 Å². The number of aryl methyl sites for hydroxylation is 1. The van der Waals surface area contributed by atoms with E-state index in [1.54, 1.807) is 12.1 Å². The van der Waals surface area contributed by atoms with Crippen LogP contribution in [0.5, 0.6) is 0 Å². The highest BCUT2D eigenvalue weighted by molar-refractivity contribution is 6.61. The van der Waals surface area contributed by atoms with E-state index in [9.17, 15) is 19.5 Å². The van der Waals surface area contributed by atoms with Crippen molar-refractivity contribution in [2.75, 3.05) is 31.2 Å². The zero-order valence-corrected chi connectivity index (χ0v) is 28.6. The maximum Gasteiger partial charge on any atom is 0.429 e. The molecule has 1 saturated carbocycles. The van der Waals surface area contributed by atoms with Gasteiger partial charge in [0.2, 0.25) is 5.78 Å². The molecule has 2 atom stereocenters. The first-order valence-corrected chi connectivity index (χ1v) is 17.1. The molecule has 0 spiro atoms. The number of morpholine rings is 1. The lowest BCUT2D eigenvalue weighted by molar-refractivity contribution is -0.00430. The van der Waals surface area contributed by atoms with Crippen molar-refractivity contribution in [1.29, 1.82) is 0 Å². The number of carbonyl (C=O) groups excluding carboxylic acids is 3. The van der Waals surface area contributed by atoms with Crippen LogP contribution in [0.15, 0.2) is 78.0 Å². The predicted octanol–water partition coefficient (Wildman–Crippen LogP) is 7.87. The maximum atomic E-state index is 13.7. The molecule has 10 heteroatoms. The molecule has 254 valence electrons. The predicted molar refractivity (Wildman–Crippen MR) is 188 cm³/mol. The molecule has 2 unspecified atom stereocenters. The van der Waals surface area contributed by atoms with E-state index in [-0.39, 0.29) is 23.8 Å². The van der Waals surface area contributed by atoms with Gasteiger partial charge in [-0.05, 0) is 105 Å². The summed E-state index contributed by atoms with van der Waals surface area (Å²) in [7, 11) is 0. The molecule has 3 aromatic rings. The van der Waals surface area contributed by atoms with Crippen LogP contribution in [0.2, 0.25) is 0 Å². The van der Waals surface area contributed by atoms with E-state index < -0.39 is 22.9 Å². The van der Waals surface area contributed by atoms with Crippen molar-refractivity contribution < 1.29 is 29.1 Å². The smallest absolute Gasteiger partial charge is 0.393 e. The van der Waals surface area contributed by atoms with Crippen molar-refractivity contribution in [3.63, 3.8) is 0 Å². The van der Waals surface area contributed by atoms with Crippen molar-refractivity contribution in [3.05, 3.63) is 89.5 Å². The van der Waals surface area contributed by atoms with Crippen LogP contribution in [-0.2, 0) is 16.0 Å². The standard InChI is InChI=1S/C38H44ClN3O6/c1-4-26-9-15-30(16-10-26)42(32-19-13-28(14-20-32)36(45)38(2,3)41-21-23-47-24-22-41)31-17-11-27(12-18-31)35(44)33(40-48-37(39)46)25-29-7-5-6-8-34(29)43/h9-20,29,34,43H,4-8,21-25H2,1-3H3/b40-33+. The molecule has 1 aliphatic heterocycles. The Bertz CT molecular complexity index is 1600. The molecule has 0 aromatic heterocycles. The zero-order chi connectivity index (χ0) is 34.3. The molecule has 2 aliphatic rings. The van der Waals surface area contributed by atoms with Gasteiger partial charge in [0.1, 0.15) is 5.71 Å². The van der Waals surface area contributed by atoms with Crippen LogP contribution < -0.4 is 4.90 Å². The topological polar surface area (TPSA) is 109 Å². The van der Waals surface area contributed by atoms with Gasteiger partial charge in [-0.1, -0.05) is 37.1 Å². The average Bonchev–Trinajstić information content (AvgIpc) is 3.11. The number of oxime groups is 1. The van der Waals surface area contributed by atoms with E-state index in [1.165, 1.54) is 5.56 Å². The minimum Gasteiger partial charge on any atom is -0.393 e. The third-order valence-corrected chi connectivity index (χ3v) is 9.62. The summed E-state index contributed by atoms with van der Waals surface area (Å²) >= 11 is 5.36. The van der Waals surface area contributed by atoms with Crippen molar-refractivity contribution in [3.8, 4) is 0 Å². The molecular formula is C38H44ClN3O6. The number of Topliss-reactive ketones (excluding diaryl/α,β-unsaturated/α-hetero) is 2. The lowest BCUT2D eigenvalue weighted by Crippen LogP contribution is -2.54. The SMILES string of the molecule is CCc1ccc(N(c2ccc(C(=O)/C(CC3CCCCC3O)=N/OC(=O)Cl)cc2)c2ccc(C(=O)C(C)(C)N3CCOCC3)cc2)cc1. The largest absolute Gasteiger partial charge is 0.429 e. The summed E-state index contributed by atoms with van der Waals surface area (Å²) < 4.78 is 5.49. The summed E-state index contributed by atoms with van der Waals surface area (Å²) in [5.74, 6) is -0.511. The van der Waals surface area contributed by atoms with E-state index in [4.69, 9.17) is 16.3 Å². The Balaban J connectivity index is 1.43. The fraction of sp³-hybridized carbons (Fsp3) is 0.421. The number of rotatable bonds is 12. The van der Waals surface area contributed by atoms with Crippen molar-refractivity contribution in [2.24, 2.45) is 11.1 Å². The molecule has 2 fully saturated rings. The van der Waals surface area contributed by atoms with Gasteiger partial charge in [-0.3, -0.25) is 14.5 Å². The molecule has 5 rings (SSSR count). The summed E-state index contributed by atoms with van der Waals surface area (Å²) in [5.41, 5.74) is 3.00. The molecule has 1 saturated heterocycles. The first-order chi connectivity index (χ1) is 23.1. The molecule has 0 amide bonds. The number of carbonyl (C=O) groups is 3. The van der Waals surface area contributed by atoms with Crippen molar-refractivity contribution in [2.45, 2.75) is 70.9 Å². The van der Waals surface area contributed by atoms with E-state index in [0.29, 0.717) is 43.9 Å².